The number of aromatic nitrogens is 1. The van der Waals surface area contributed by atoms with Crippen LogP contribution in [0.5, 0.6) is 5.75 Å². The minimum absolute atomic E-state index is 0.0661. The average Bonchev–Trinajstić information content (AvgIpc) is 3.31. The molecule has 1 N–H and O–H groups in total. The largest absolute Gasteiger partial charge is 0.489 e. The van der Waals surface area contributed by atoms with Crippen LogP contribution in [0.2, 0.25) is 5.02 Å². The van der Waals surface area contributed by atoms with E-state index in [1.165, 1.54) is 0 Å². The number of hydrogen-bond donors (Lipinski definition) is 1. The van der Waals surface area contributed by atoms with E-state index >= 15 is 0 Å². The van der Waals surface area contributed by atoms with Gasteiger partial charge in [0.15, 0.2) is 0 Å². The molecule has 6 heteroatoms. The Balaban J connectivity index is 1.46. The van der Waals surface area contributed by atoms with Crippen LogP contribution < -0.4 is 15.0 Å². The van der Waals surface area contributed by atoms with Gasteiger partial charge in [-0.25, -0.2) is 4.98 Å². The third-order valence-corrected chi connectivity index (χ3v) is 6.11. The lowest BCUT2D eigenvalue weighted by atomic mass is 10.1. The summed E-state index contributed by atoms with van der Waals surface area (Å²) < 4.78 is 6.19. The van der Waals surface area contributed by atoms with Crippen molar-refractivity contribution in [1.82, 2.24) is 4.98 Å². The lowest BCUT2D eigenvalue weighted by Crippen LogP contribution is -2.26. The van der Waals surface area contributed by atoms with Gasteiger partial charge in [0.05, 0.1) is 17.7 Å². The molecule has 1 aromatic heterocycles. The van der Waals surface area contributed by atoms with E-state index in [0.29, 0.717) is 29.5 Å². The number of pyridine rings is 1. The number of fused-ring (bicyclic) bond motifs is 1. The number of halogens is 1. The molecule has 5 nitrogen and oxygen atoms in total. The van der Waals surface area contributed by atoms with Gasteiger partial charge in [0.2, 0.25) is 0 Å². The Morgan fingerprint density at radius 2 is 1.79 bits per heavy atom. The number of nitrogens with one attached hydrogen (secondary N) is 1. The van der Waals surface area contributed by atoms with Crippen molar-refractivity contribution in [3.05, 3.63) is 95.0 Å². The highest BCUT2D eigenvalue weighted by Gasteiger charge is 2.29. The number of para-hydroxylation sites is 2. The number of rotatable bonds is 6. The SMILES string of the molecule is N#Cc1c(NCc2ccc(Cl)cc2)nc2ccccc2c1N1CCC(Oc2ccccc2)C1. The number of ether oxygens (including phenoxy) is 1. The highest BCUT2D eigenvalue weighted by Crippen LogP contribution is 2.36. The molecular weight excluding hydrogens is 432 g/mol. The molecule has 1 unspecified atom stereocenters. The summed E-state index contributed by atoms with van der Waals surface area (Å²) in [7, 11) is 0. The van der Waals surface area contributed by atoms with Gasteiger partial charge in [-0.05, 0) is 35.9 Å². The fraction of sp³-hybridized carbons (Fsp3) is 0.185. The van der Waals surface area contributed by atoms with Crippen LogP contribution >= 0.6 is 11.6 Å². The minimum Gasteiger partial charge on any atom is -0.489 e. The molecule has 1 fully saturated rings. The van der Waals surface area contributed by atoms with Crippen molar-refractivity contribution in [2.45, 2.75) is 19.1 Å². The molecule has 1 saturated heterocycles. The fourth-order valence-electron chi connectivity index (χ4n) is 4.26. The van der Waals surface area contributed by atoms with E-state index in [2.05, 4.69) is 16.3 Å². The zero-order valence-corrected chi connectivity index (χ0v) is 18.8. The topological polar surface area (TPSA) is 61.2 Å². The van der Waals surface area contributed by atoms with Crippen molar-refractivity contribution in [1.29, 1.82) is 5.26 Å². The monoisotopic (exact) mass is 454 g/mol. The molecule has 0 amide bonds. The number of nitriles is 1. The molecule has 33 heavy (non-hydrogen) atoms. The van der Waals surface area contributed by atoms with Gasteiger partial charge in [0.1, 0.15) is 29.3 Å². The van der Waals surface area contributed by atoms with Crippen molar-refractivity contribution in [2.75, 3.05) is 23.3 Å². The van der Waals surface area contributed by atoms with Crippen LogP contribution in [-0.2, 0) is 6.54 Å². The van der Waals surface area contributed by atoms with E-state index in [4.69, 9.17) is 21.3 Å². The second-order valence-electron chi connectivity index (χ2n) is 8.08. The Labute approximate surface area is 198 Å². The first-order valence-electron chi connectivity index (χ1n) is 11.0. The van der Waals surface area contributed by atoms with Gasteiger partial charge in [-0.1, -0.05) is 60.1 Å². The standard InChI is InChI=1S/C27H23ClN4O/c28-20-12-10-19(11-13-20)17-30-27-24(16-29)26(23-8-4-5-9-25(23)31-27)32-15-14-22(18-32)33-21-6-2-1-3-7-21/h1-13,22H,14-15,17-18H2,(H,30,31). The zero-order valence-electron chi connectivity index (χ0n) is 18.0. The fourth-order valence-corrected chi connectivity index (χ4v) is 4.39. The first kappa shape index (κ1) is 21.1. The van der Waals surface area contributed by atoms with Gasteiger partial charge < -0.3 is 15.0 Å². The van der Waals surface area contributed by atoms with Crippen LogP contribution in [0, 0.1) is 11.3 Å². The maximum atomic E-state index is 10.1. The third-order valence-electron chi connectivity index (χ3n) is 5.86. The van der Waals surface area contributed by atoms with Crippen LogP contribution in [0.4, 0.5) is 11.5 Å². The first-order chi connectivity index (χ1) is 16.2. The van der Waals surface area contributed by atoms with E-state index in [0.717, 1.165) is 40.9 Å². The Kier molecular flexibility index (Phi) is 6.01. The summed E-state index contributed by atoms with van der Waals surface area (Å²) in [5.74, 6) is 1.46. The summed E-state index contributed by atoms with van der Waals surface area (Å²) in [6.07, 6.45) is 0.959. The van der Waals surface area contributed by atoms with Gasteiger partial charge in [-0.3, -0.25) is 0 Å². The molecule has 3 aromatic carbocycles. The summed E-state index contributed by atoms with van der Waals surface area (Å²) in [6.45, 7) is 2.08. The van der Waals surface area contributed by atoms with Crippen molar-refractivity contribution in [3.8, 4) is 11.8 Å². The van der Waals surface area contributed by atoms with Gasteiger partial charge >= 0.3 is 0 Å². The number of hydrogen-bond acceptors (Lipinski definition) is 5. The molecule has 164 valence electrons. The van der Waals surface area contributed by atoms with Crippen LogP contribution in [0.3, 0.4) is 0 Å². The quantitative estimate of drug-likeness (QED) is 0.385. The highest BCUT2D eigenvalue weighted by atomic mass is 35.5. The van der Waals surface area contributed by atoms with Crippen LogP contribution in [0.25, 0.3) is 10.9 Å². The average molecular weight is 455 g/mol. The van der Waals surface area contributed by atoms with Gasteiger partial charge in [0.25, 0.3) is 0 Å². The molecule has 0 bridgehead atoms. The maximum Gasteiger partial charge on any atom is 0.147 e. The molecule has 4 aromatic rings. The summed E-state index contributed by atoms with van der Waals surface area (Å²) in [5.41, 5.74) is 3.40. The minimum atomic E-state index is 0.0661. The Morgan fingerprint density at radius 3 is 2.58 bits per heavy atom. The second kappa shape index (κ2) is 9.40. The molecule has 1 aliphatic rings. The van der Waals surface area contributed by atoms with Crippen molar-refractivity contribution in [3.63, 3.8) is 0 Å². The van der Waals surface area contributed by atoms with E-state index < -0.39 is 0 Å². The third kappa shape index (κ3) is 4.57. The summed E-state index contributed by atoms with van der Waals surface area (Å²) in [6, 6.07) is 27.9. The number of nitrogens with zero attached hydrogens (tertiary/aromatic N) is 3. The molecule has 5 rings (SSSR count). The van der Waals surface area contributed by atoms with E-state index in [9.17, 15) is 5.26 Å². The van der Waals surface area contributed by atoms with Gasteiger partial charge in [0, 0.05) is 29.9 Å². The second-order valence-corrected chi connectivity index (χ2v) is 8.52. The zero-order chi connectivity index (χ0) is 22.6. The van der Waals surface area contributed by atoms with Crippen LogP contribution in [0.15, 0.2) is 78.9 Å². The van der Waals surface area contributed by atoms with Gasteiger partial charge in [-0.2, -0.15) is 5.26 Å². The summed E-state index contributed by atoms with van der Waals surface area (Å²) >= 11 is 6.01. The Bertz CT molecular complexity index is 1300. The first-order valence-corrected chi connectivity index (χ1v) is 11.4. The van der Waals surface area contributed by atoms with Crippen LogP contribution in [0.1, 0.15) is 17.5 Å². The molecular formula is C27H23ClN4O. The Morgan fingerprint density at radius 1 is 1.03 bits per heavy atom. The smallest absolute Gasteiger partial charge is 0.147 e. The predicted octanol–water partition coefficient (Wildman–Crippen LogP) is 6.03. The number of benzene rings is 3. The molecule has 0 aliphatic carbocycles. The molecule has 1 atom stereocenters. The van der Waals surface area contributed by atoms with Gasteiger partial charge in [-0.15, -0.1) is 0 Å². The lowest BCUT2D eigenvalue weighted by molar-refractivity contribution is 0.225. The van der Waals surface area contributed by atoms with E-state index in [-0.39, 0.29) is 6.10 Å². The molecule has 0 radical (unpaired) electrons. The molecule has 0 spiro atoms. The summed E-state index contributed by atoms with van der Waals surface area (Å²) in [5, 5.41) is 15.2. The van der Waals surface area contributed by atoms with E-state index in [1.54, 1.807) is 0 Å². The van der Waals surface area contributed by atoms with Crippen molar-refractivity contribution in [2.24, 2.45) is 0 Å². The normalized spacial score (nSPS) is 15.4. The predicted molar refractivity (Wildman–Crippen MR) is 133 cm³/mol. The van der Waals surface area contributed by atoms with Crippen molar-refractivity contribution >= 4 is 34.0 Å². The highest BCUT2D eigenvalue weighted by molar-refractivity contribution is 6.30. The Hall–Kier alpha value is -3.75. The van der Waals surface area contributed by atoms with E-state index in [1.807, 2.05) is 78.9 Å². The summed E-state index contributed by atoms with van der Waals surface area (Å²) in [4.78, 5) is 7.03. The molecule has 0 saturated carbocycles. The van der Waals surface area contributed by atoms with Crippen LogP contribution in [-0.4, -0.2) is 24.2 Å². The number of anilines is 2. The maximum absolute atomic E-state index is 10.1. The molecule has 1 aliphatic heterocycles. The van der Waals surface area contributed by atoms with Crippen molar-refractivity contribution < 1.29 is 4.74 Å². The molecule has 2 heterocycles. The lowest BCUT2D eigenvalue weighted by Gasteiger charge is -2.23.